The topological polar surface area (TPSA) is 151 Å². The van der Waals surface area contributed by atoms with Crippen molar-refractivity contribution in [1.82, 2.24) is 0 Å². The van der Waals surface area contributed by atoms with Crippen LogP contribution in [0.3, 0.4) is 0 Å². The lowest BCUT2D eigenvalue weighted by Gasteiger charge is -2.13. The van der Waals surface area contributed by atoms with Crippen molar-refractivity contribution in [3.63, 3.8) is 0 Å². The van der Waals surface area contributed by atoms with Crippen molar-refractivity contribution in [1.29, 1.82) is 0 Å². The first kappa shape index (κ1) is 16.7. The van der Waals surface area contributed by atoms with Crippen molar-refractivity contribution in [2.24, 2.45) is 5.73 Å². The number of carbonyl (C=O) groups is 1. The SMILES string of the molecule is COc1ccccc1Nc1c(C(N)=O)cc([N+](=O)[O-])cc1[N+](=O)[O-]. The minimum atomic E-state index is -1.04. The molecule has 1 amide bonds. The lowest BCUT2D eigenvalue weighted by Crippen LogP contribution is -2.15. The molecule has 10 heteroatoms. The molecule has 10 nitrogen and oxygen atoms in total. The molecular weight excluding hydrogens is 320 g/mol. The van der Waals surface area contributed by atoms with Crippen LogP contribution in [0.2, 0.25) is 0 Å². The highest BCUT2D eigenvalue weighted by atomic mass is 16.6. The van der Waals surface area contributed by atoms with Crippen LogP contribution in [0, 0.1) is 20.2 Å². The van der Waals surface area contributed by atoms with Gasteiger partial charge in [0.05, 0.1) is 34.3 Å². The number of carbonyl (C=O) groups excluding carboxylic acids is 1. The number of anilines is 2. The van der Waals surface area contributed by atoms with Crippen molar-refractivity contribution in [3.05, 3.63) is 62.2 Å². The number of ether oxygens (including phenoxy) is 1. The van der Waals surface area contributed by atoms with Crippen LogP contribution < -0.4 is 15.8 Å². The van der Waals surface area contributed by atoms with Gasteiger partial charge in [0.25, 0.3) is 17.3 Å². The highest BCUT2D eigenvalue weighted by Crippen LogP contribution is 2.37. The number of hydrogen-bond donors (Lipinski definition) is 2. The fourth-order valence-electron chi connectivity index (χ4n) is 2.07. The normalized spacial score (nSPS) is 10.0. The van der Waals surface area contributed by atoms with Gasteiger partial charge in [0.15, 0.2) is 0 Å². The minimum absolute atomic E-state index is 0.248. The summed E-state index contributed by atoms with van der Waals surface area (Å²) >= 11 is 0. The molecule has 0 aliphatic carbocycles. The molecule has 0 aliphatic heterocycles. The Kier molecular flexibility index (Phi) is 4.59. The minimum Gasteiger partial charge on any atom is -0.495 e. The fraction of sp³-hybridized carbons (Fsp3) is 0.0714. The summed E-state index contributed by atoms with van der Waals surface area (Å²) in [7, 11) is 1.40. The number of non-ortho nitro benzene ring substituents is 1. The van der Waals surface area contributed by atoms with Gasteiger partial charge in [0.2, 0.25) is 0 Å². The number of rotatable bonds is 6. The number of nitrogens with two attached hydrogens (primary N) is 1. The van der Waals surface area contributed by atoms with Crippen LogP contribution in [0.15, 0.2) is 36.4 Å². The summed E-state index contributed by atoms with van der Waals surface area (Å²) in [6.45, 7) is 0. The monoisotopic (exact) mass is 332 g/mol. The summed E-state index contributed by atoms with van der Waals surface area (Å²) in [5.41, 5.74) is 3.67. The Bertz CT molecular complexity index is 801. The van der Waals surface area contributed by atoms with E-state index in [1.54, 1.807) is 24.3 Å². The van der Waals surface area contributed by atoms with Crippen LogP contribution >= 0.6 is 0 Å². The second kappa shape index (κ2) is 6.60. The third kappa shape index (κ3) is 3.21. The summed E-state index contributed by atoms with van der Waals surface area (Å²) in [6, 6.07) is 8.13. The Morgan fingerprint density at radius 1 is 1.17 bits per heavy atom. The van der Waals surface area contributed by atoms with Crippen molar-refractivity contribution in [3.8, 4) is 5.75 Å². The highest BCUT2D eigenvalue weighted by Gasteiger charge is 2.27. The Labute approximate surface area is 135 Å². The first-order valence-corrected chi connectivity index (χ1v) is 6.51. The van der Waals surface area contributed by atoms with Gasteiger partial charge in [0.1, 0.15) is 11.4 Å². The Hall–Kier alpha value is -3.69. The predicted molar refractivity (Wildman–Crippen MR) is 84.5 cm³/mol. The Morgan fingerprint density at radius 3 is 2.38 bits per heavy atom. The van der Waals surface area contributed by atoms with Crippen molar-refractivity contribution >= 4 is 28.7 Å². The number of nitro benzene ring substituents is 2. The molecule has 0 spiro atoms. The van der Waals surface area contributed by atoms with E-state index in [0.717, 1.165) is 12.1 Å². The molecule has 2 rings (SSSR count). The van der Waals surface area contributed by atoms with Gasteiger partial charge >= 0.3 is 0 Å². The van der Waals surface area contributed by atoms with E-state index < -0.39 is 27.1 Å². The van der Waals surface area contributed by atoms with Crippen LogP contribution in [-0.4, -0.2) is 22.9 Å². The van der Waals surface area contributed by atoms with Crippen molar-refractivity contribution in [2.45, 2.75) is 0 Å². The predicted octanol–water partition coefficient (Wildman–Crippen LogP) is 2.35. The zero-order valence-electron chi connectivity index (χ0n) is 12.4. The van der Waals surface area contributed by atoms with Gasteiger partial charge in [-0.25, -0.2) is 0 Å². The molecule has 124 valence electrons. The molecule has 3 N–H and O–H groups in total. The van der Waals surface area contributed by atoms with E-state index in [4.69, 9.17) is 10.5 Å². The molecule has 0 aliphatic rings. The Morgan fingerprint density at radius 2 is 1.83 bits per heavy atom. The van der Waals surface area contributed by atoms with E-state index in [1.807, 2.05) is 0 Å². The molecular formula is C14H12N4O6. The van der Waals surface area contributed by atoms with Gasteiger partial charge in [-0.05, 0) is 12.1 Å². The second-order valence-corrected chi connectivity index (χ2v) is 4.59. The highest BCUT2D eigenvalue weighted by molar-refractivity contribution is 6.02. The van der Waals surface area contributed by atoms with E-state index in [2.05, 4.69) is 5.32 Å². The average Bonchev–Trinajstić information content (AvgIpc) is 2.54. The fourth-order valence-corrected chi connectivity index (χ4v) is 2.07. The van der Waals surface area contributed by atoms with Crippen molar-refractivity contribution < 1.29 is 19.4 Å². The molecule has 0 unspecified atom stereocenters. The number of nitrogens with one attached hydrogen (secondary N) is 1. The van der Waals surface area contributed by atoms with E-state index in [0.29, 0.717) is 11.4 Å². The lowest BCUT2D eigenvalue weighted by atomic mass is 10.1. The first-order chi connectivity index (χ1) is 11.3. The van der Waals surface area contributed by atoms with E-state index in [-0.39, 0.29) is 11.3 Å². The number of nitrogens with zero attached hydrogens (tertiary/aromatic N) is 2. The smallest absolute Gasteiger partial charge is 0.300 e. The summed E-state index contributed by atoms with van der Waals surface area (Å²) in [4.78, 5) is 32.1. The maximum Gasteiger partial charge on any atom is 0.300 e. The zero-order chi connectivity index (χ0) is 17.9. The van der Waals surface area contributed by atoms with E-state index in [1.165, 1.54) is 7.11 Å². The molecule has 2 aromatic carbocycles. The number of benzene rings is 2. The average molecular weight is 332 g/mol. The van der Waals surface area contributed by atoms with Crippen LogP contribution in [-0.2, 0) is 0 Å². The molecule has 0 heterocycles. The largest absolute Gasteiger partial charge is 0.495 e. The molecule has 24 heavy (non-hydrogen) atoms. The zero-order valence-corrected chi connectivity index (χ0v) is 12.4. The number of hydrogen-bond acceptors (Lipinski definition) is 7. The van der Waals surface area contributed by atoms with E-state index in [9.17, 15) is 25.0 Å². The lowest BCUT2D eigenvalue weighted by molar-refractivity contribution is -0.393. The van der Waals surface area contributed by atoms with Gasteiger partial charge in [-0.15, -0.1) is 0 Å². The third-order valence-corrected chi connectivity index (χ3v) is 3.14. The first-order valence-electron chi connectivity index (χ1n) is 6.51. The van der Waals surface area contributed by atoms with Gasteiger partial charge < -0.3 is 15.8 Å². The summed E-state index contributed by atoms with van der Waals surface area (Å²) in [5, 5.41) is 24.9. The Balaban J connectivity index is 2.69. The molecule has 0 saturated carbocycles. The molecule has 0 bridgehead atoms. The molecule has 0 aromatic heterocycles. The van der Waals surface area contributed by atoms with Crippen LogP contribution in [0.1, 0.15) is 10.4 Å². The maximum absolute atomic E-state index is 11.6. The molecule has 0 radical (unpaired) electrons. The third-order valence-electron chi connectivity index (χ3n) is 3.14. The number of amides is 1. The van der Waals surface area contributed by atoms with Gasteiger partial charge in [0, 0.05) is 6.07 Å². The summed E-state index contributed by atoms with van der Waals surface area (Å²) in [5.74, 6) is -0.681. The second-order valence-electron chi connectivity index (χ2n) is 4.59. The maximum atomic E-state index is 11.6. The standard InChI is InChI=1S/C14H12N4O6/c1-24-12-5-3-2-4-10(12)16-13-9(14(15)19)6-8(17(20)21)7-11(13)18(22)23/h2-7,16H,1H3,(H2,15,19). The molecule has 0 atom stereocenters. The number of nitro groups is 2. The number of para-hydroxylation sites is 2. The van der Waals surface area contributed by atoms with Gasteiger partial charge in [-0.1, -0.05) is 12.1 Å². The molecule has 0 saturated heterocycles. The van der Waals surface area contributed by atoms with Crippen LogP contribution in [0.25, 0.3) is 0 Å². The quantitative estimate of drug-likeness (QED) is 0.608. The van der Waals surface area contributed by atoms with E-state index >= 15 is 0 Å². The van der Waals surface area contributed by atoms with Gasteiger partial charge in [-0.3, -0.25) is 25.0 Å². The van der Waals surface area contributed by atoms with Crippen molar-refractivity contribution in [2.75, 3.05) is 12.4 Å². The van der Waals surface area contributed by atoms with Gasteiger partial charge in [-0.2, -0.15) is 0 Å². The van der Waals surface area contributed by atoms with Crippen LogP contribution in [0.4, 0.5) is 22.7 Å². The summed E-state index contributed by atoms with van der Waals surface area (Å²) < 4.78 is 5.12. The summed E-state index contributed by atoms with van der Waals surface area (Å²) in [6.07, 6.45) is 0. The molecule has 2 aromatic rings. The number of primary amides is 1. The molecule has 0 fully saturated rings. The number of methoxy groups -OCH3 is 1. The van der Waals surface area contributed by atoms with Crippen LogP contribution in [0.5, 0.6) is 5.75 Å².